The molecular formula is C13H16ClN3O2. The molecule has 0 radical (unpaired) electrons. The third kappa shape index (κ3) is 3.44. The largest absolute Gasteiger partial charge is 0.342 e. The summed E-state index contributed by atoms with van der Waals surface area (Å²) in [5.41, 5.74) is 0. The van der Waals surface area contributed by atoms with Gasteiger partial charge in [0.25, 0.3) is 0 Å². The standard InChI is InChI=1S/C13H16ClN3O2/c1-2-12(18)17-6-4-9(8-17)13(19)16-11-7-10(14)3-5-15-11/h3,5,7,9H,2,4,6,8H2,1H3,(H,15,16,19). The smallest absolute Gasteiger partial charge is 0.230 e. The van der Waals surface area contributed by atoms with Gasteiger partial charge in [-0.25, -0.2) is 4.98 Å². The number of carbonyl (C=O) groups is 2. The Morgan fingerprint density at radius 2 is 2.37 bits per heavy atom. The predicted octanol–water partition coefficient (Wildman–Crippen LogP) is 1.93. The van der Waals surface area contributed by atoms with Gasteiger partial charge in [0.05, 0.1) is 5.92 Å². The van der Waals surface area contributed by atoms with E-state index in [1.807, 2.05) is 6.92 Å². The molecule has 1 saturated heterocycles. The first-order valence-corrected chi connectivity index (χ1v) is 6.68. The van der Waals surface area contributed by atoms with Crippen LogP contribution in [-0.2, 0) is 9.59 Å². The minimum absolute atomic E-state index is 0.0937. The molecule has 19 heavy (non-hydrogen) atoms. The molecule has 2 rings (SSSR count). The van der Waals surface area contributed by atoms with Gasteiger partial charge in [0.2, 0.25) is 11.8 Å². The zero-order valence-electron chi connectivity index (χ0n) is 10.7. The SMILES string of the molecule is CCC(=O)N1CCC(C(=O)Nc2cc(Cl)ccn2)C1. The van der Waals surface area contributed by atoms with Crippen LogP contribution in [0.1, 0.15) is 19.8 Å². The van der Waals surface area contributed by atoms with E-state index >= 15 is 0 Å². The van der Waals surface area contributed by atoms with Gasteiger partial charge in [0.1, 0.15) is 5.82 Å². The van der Waals surface area contributed by atoms with Crippen molar-refractivity contribution in [1.29, 1.82) is 0 Å². The predicted molar refractivity (Wildman–Crippen MR) is 72.9 cm³/mol. The maximum atomic E-state index is 12.1. The zero-order valence-corrected chi connectivity index (χ0v) is 11.5. The Morgan fingerprint density at radius 3 is 3.05 bits per heavy atom. The molecule has 0 saturated carbocycles. The van der Waals surface area contributed by atoms with Gasteiger partial charge < -0.3 is 10.2 Å². The molecule has 1 atom stereocenters. The van der Waals surface area contributed by atoms with Crippen molar-refractivity contribution in [2.24, 2.45) is 5.92 Å². The molecule has 1 aliphatic rings. The third-order valence-electron chi connectivity index (χ3n) is 3.19. The topological polar surface area (TPSA) is 62.3 Å². The lowest BCUT2D eigenvalue weighted by atomic mass is 10.1. The molecule has 1 aromatic heterocycles. The van der Waals surface area contributed by atoms with Crippen LogP contribution in [0, 0.1) is 5.92 Å². The van der Waals surface area contributed by atoms with Crippen LogP contribution in [0.15, 0.2) is 18.3 Å². The van der Waals surface area contributed by atoms with Crippen LogP contribution in [-0.4, -0.2) is 34.8 Å². The number of nitrogens with zero attached hydrogens (tertiary/aromatic N) is 2. The lowest BCUT2D eigenvalue weighted by molar-refractivity contribution is -0.130. The summed E-state index contributed by atoms with van der Waals surface area (Å²) in [5, 5.41) is 3.26. The Hall–Kier alpha value is -1.62. The highest BCUT2D eigenvalue weighted by Gasteiger charge is 2.30. The number of nitrogens with one attached hydrogen (secondary N) is 1. The van der Waals surface area contributed by atoms with Gasteiger partial charge in [-0.1, -0.05) is 18.5 Å². The third-order valence-corrected chi connectivity index (χ3v) is 3.42. The van der Waals surface area contributed by atoms with Gasteiger partial charge >= 0.3 is 0 Å². The summed E-state index contributed by atoms with van der Waals surface area (Å²) in [6, 6.07) is 3.25. The van der Waals surface area contributed by atoms with E-state index in [9.17, 15) is 9.59 Å². The van der Waals surface area contributed by atoms with Gasteiger partial charge in [-0.05, 0) is 18.6 Å². The highest BCUT2D eigenvalue weighted by molar-refractivity contribution is 6.30. The van der Waals surface area contributed by atoms with Crippen LogP contribution in [0.4, 0.5) is 5.82 Å². The van der Waals surface area contributed by atoms with Crippen molar-refractivity contribution in [3.8, 4) is 0 Å². The average Bonchev–Trinajstić information content (AvgIpc) is 2.87. The molecule has 6 heteroatoms. The minimum Gasteiger partial charge on any atom is -0.342 e. The number of aromatic nitrogens is 1. The number of amides is 2. The van der Waals surface area contributed by atoms with Crippen LogP contribution in [0.3, 0.4) is 0 Å². The lowest BCUT2D eigenvalue weighted by Gasteiger charge is -2.15. The Bertz CT molecular complexity index is 493. The van der Waals surface area contributed by atoms with Crippen molar-refractivity contribution in [1.82, 2.24) is 9.88 Å². The summed E-state index contributed by atoms with van der Waals surface area (Å²) in [5.74, 6) is 0.256. The van der Waals surface area contributed by atoms with Crippen molar-refractivity contribution >= 4 is 29.2 Å². The molecule has 1 unspecified atom stereocenters. The Labute approximate surface area is 117 Å². The van der Waals surface area contributed by atoms with Crippen molar-refractivity contribution in [3.63, 3.8) is 0 Å². The van der Waals surface area contributed by atoms with E-state index in [1.54, 1.807) is 23.2 Å². The van der Waals surface area contributed by atoms with Gasteiger partial charge in [-0.2, -0.15) is 0 Å². The molecule has 0 aliphatic carbocycles. The number of anilines is 1. The summed E-state index contributed by atoms with van der Waals surface area (Å²) < 4.78 is 0. The number of pyridine rings is 1. The Kier molecular flexibility index (Phi) is 4.37. The number of likely N-dealkylation sites (tertiary alicyclic amines) is 1. The van der Waals surface area contributed by atoms with Gasteiger partial charge in [0, 0.05) is 30.7 Å². The fourth-order valence-corrected chi connectivity index (χ4v) is 2.29. The quantitative estimate of drug-likeness (QED) is 0.921. The maximum Gasteiger partial charge on any atom is 0.230 e. The van der Waals surface area contributed by atoms with Gasteiger partial charge in [-0.15, -0.1) is 0 Å². The molecule has 2 heterocycles. The van der Waals surface area contributed by atoms with E-state index in [0.717, 1.165) is 0 Å². The summed E-state index contributed by atoms with van der Waals surface area (Å²) in [6.45, 7) is 2.96. The van der Waals surface area contributed by atoms with Crippen molar-refractivity contribution in [2.75, 3.05) is 18.4 Å². The molecule has 0 bridgehead atoms. The van der Waals surface area contributed by atoms with E-state index in [2.05, 4.69) is 10.3 Å². The summed E-state index contributed by atoms with van der Waals surface area (Å²) in [4.78, 5) is 29.4. The molecule has 2 amide bonds. The first-order valence-electron chi connectivity index (χ1n) is 6.30. The molecule has 1 aromatic rings. The van der Waals surface area contributed by atoms with Crippen LogP contribution in [0.5, 0.6) is 0 Å². The molecule has 1 N–H and O–H groups in total. The van der Waals surface area contributed by atoms with Crippen LogP contribution < -0.4 is 5.32 Å². The second-order valence-electron chi connectivity index (χ2n) is 4.53. The molecule has 0 aromatic carbocycles. The molecule has 102 valence electrons. The van der Waals surface area contributed by atoms with E-state index in [1.165, 1.54) is 0 Å². The first kappa shape index (κ1) is 13.8. The number of rotatable bonds is 3. The monoisotopic (exact) mass is 281 g/mol. The number of hydrogen-bond donors (Lipinski definition) is 1. The summed E-state index contributed by atoms with van der Waals surface area (Å²) in [6.07, 6.45) is 2.71. The van der Waals surface area contributed by atoms with E-state index < -0.39 is 0 Å². The van der Waals surface area contributed by atoms with E-state index in [4.69, 9.17) is 11.6 Å². The molecular weight excluding hydrogens is 266 g/mol. The van der Waals surface area contributed by atoms with Crippen molar-refractivity contribution < 1.29 is 9.59 Å². The van der Waals surface area contributed by atoms with Crippen molar-refractivity contribution in [2.45, 2.75) is 19.8 Å². The lowest BCUT2D eigenvalue weighted by Crippen LogP contribution is -2.31. The van der Waals surface area contributed by atoms with Gasteiger partial charge in [-0.3, -0.25) is 9.59 Å². The second-order valence-corrected chi connectivity index (χ2v) is 4.96. The maximum absolute atomic E-state index is 12.1. The minimum atomic E-state index is -0.170. The normalized spacial score (nSPS) is 18.4. The fourth-order valence-electron chi connectivity index (χ4n) is 2.13. The van der Waals surface area contributed by atoms with Crippen LogP contribution in [0.25, 0.3) is 0 Å². The molecule has 1 fully saturated rings. The zero-order chi connectivity index (χ0) is 13.8. The highest BCUT2D eigenvalue weighted by Crippen LogP contribution is 2.19. The summed E-state index contributed by atoms with van der Waals surface area (Å²) >= 11 is 5.83. The summed E-state index contributed by atoms with van der Waals surface area (Å²) in [7, 11) is 0. The first-order chi connectivity index (χ1) is 9.10. The fraction of sp³-hybridized carbons (Fsp3) is 0.462. The average molecular weight is 282 g/mol. The second kappa shape index (κ2) is 6.02. The number of hydrogen-bond acceptors (Lipinski definition) is 3. The van der Waals surface area contributed by atoms with E-state index in [-0.39, 0.29) is 17.7 Å². The Balaban J connectivity index is 1.93. The van der Waals surface area contributed by atoms with Crippen LogP contribution in [0.2, 0.25) is 5.02 Å². The molecule has 0 spiro atoms. The van der Waals surface area contributed by atoms with Crippen LogP contribution >= 0.6 is 11.6 Å². The Morgan fingerprint density at radius 1 is 1.58 bits per heavy atom. The van der Waals surface area contributed by atoms with Gasteiger partial charge in [0.15, 0.2) is 0 Å². The number of carbonyl (C=O) groups excluding carboxylic acids is 2. The van der Waals surface area contributed by atoms with Crippen molar-refractivity contribution in [3.05, 3.63) is 23.4 Å². The molecule has 1 aliphatic heterocycles. The number of halogens is 1. The molecule has 5 nitrogen and oxygen atoms in total. The van der Waals surface area contributed by atoms with E-state index in [0.29, 0.717) is 36.8 Å². The highest BCUT2D eigenvalue weighted by atomic mass is 35.5.